The zero-order chi connectivity index (χ0) is 24.1. The minimum atomic E-state index is -3.77. The smallest absolute Gasteiger partial charge is 0.240 e. The second-order valence-corrected chi connectivity index (χ2v) is 9.84. The molecule has 1 saturated heterocycles. The number of aryl methyl sites for hydroxylation is 1. The number of aliphatic hydroxyl groups is 1. The van der Waals surface area contributed by atoms with Gasteiger partial charge in [-0.1, -0.05) is 17.3 Å². The highest BCUT2D eigenvalue weighted by Gasteiger charge is 2.34. The number of ether oxygens (including phenoxy) is 2. The van der Waals surface area contributed by atoms with Gasteiger partial charge in [0.2, 0.25) is 10.0 Å². The molecule has 9 nitrogen and oxygen atoms in total. The molecule has 0 bridgehead atoms. The predicted molar refractivity (Wildman–Crippen MR) is 122 cm³/mol. The van der Waals surface area contributed by atoms with Crippen LogP contribution >= 0.6 is 0 Å². The third-order valence-corrected chi connectivity index (χ3v) is 7.32. The van der Waals surface area contributed by atoms with Crippen LogP contribution in [0.25, 0.3) is 11.3 Å². The number of nitrogens with zero attached hydrogens (tertiary/aromatic N) is 3. The molecule has 3 atom stereocenters. The number of rotatable bonds is 9. The van der Waals surface area contributed by atoms with Gasteiger partial charge in [0.1, 0.15) is 17.3 Å². The maximum Gasteiger partial charge on any atom is 0.240 e. The molecule has 1 fully saturated rings. The van der Waals surface area contributed by atoms with Crippen LogP contribution in [0.4, 0.5) is 4.39 Å². The van der Waals surface area contributed by atoms with Crippen LogP contribution in [0.3, 0.4) is 0 Å². The van der Waals surface area contributed by atoms with Gasteiger partial charge in [0.25, 0.3) is 0 Å². The highest BCUT2D eigenvalue weighted by atomic mass is 32.2. The summed E-state index contributed by atoms with van der Waals surface area (Å²) in [6, 6.07) is 11.7. The number of nitrogens with one attached hydrogen (secondary N) is 1. The monoisotopic (exact) mass is 490 g/mol. The fourth-order valence-electron chi connectivity index (χ4n) is 3.97. The Morgan fingerprint density at radius 1 is 1.24 bits per heavy atom. The van der Waals surface area contributed by atoms with E-state index in [1.54, 1.807) is 35.1 Å². The highest BCUT2D eigenvalue weighted by molar-refractivity contribution is 7.89. The van der Waals surface area contributed by atoms with Crippen molar-refractivity contribution in [3.63, 3.8) is 0 Å². The lowest BCUT2D eigenvalue weighted by Gasteiger charge is -2.36. The Kier molecular flexibility index (Phi) is 7.57. The van der Waals surface area contributed by atoms with E-state index in [9.17, 15) is 17.9 Å². The molecule has 0 radical (unpaired) electrons. The van der Waals surface area contributed by atoms with Crippen molar-refractivity contribution in [2.75, 3.05) is 13.7 Å². The molecule has 0 spiro atoms. The van der Waals surface area contributed by atoms with Crippen LogP contribution in [0, 0.1) is 5.82 Å². The Hall–Kier alpha value is -2.86. The van der Waals surface area contributed by atoms with Gasteiger partial charge in [0.05, 0.1) is 43.1 Å². The summed E-state index contributed by atoms with van der Waals surface area (Å²) in [5, 5.41) is 18.0. The quantitative estimate of drug-likeness (QED) is 0.473. The van der Waals surface area contributed by atoms with Crippen LogP contribution in [0.15, 0.2) is 59.6 Å². The van der Waals surface area contributed by atoms with Crippen molar-refractivity contribution in [2.24, 2.45) is 0 Å². The first kappa shape index (κ1) is 24.3. The van der Waals surface area contributed by atoms with E-state index < -0.39 is 22.2 Å². The van der Waals surface area contributed by atoms with Crippen LogP contribution in [-0.4, -0.2) is 60.5 Å². The van der Waals surface area contributed by atoms with E-state index in [2.05, 4.69) is 15.0 Å². The maximum atomic E-state index is 13.4. The molecule has 0 amide bonds. The standard InChI is InChI=1S/C23H27FN4O5S/c1-32-18-5-8-20(9-6-18)34(30,31)26-21-10-7-19(33-23(21)15-29)11-12-28-14-22(25-27-28)16-3-2-4-17(24)13-16/h2-6,8-9,13-14,19,21,23,26,29H,7,10-12,15H2,1H3/t19-,21+,23+/m1/s1. The molecule has 1 aromatic heterocycles. The van der Waals surface area contributed by atoms with Gasteiger partial charge in [-0.25, -0.2) is 17.5 Å². The second-order valence-electron chi connectivity index (χ2n) is 8.13. The highest BCUT2D eigenvalue weighted by Crippen LogP contribution is 2.25. The van der Waals surface area contributed by atoms with E-state index in [4.69, 9.17) is 9.47 Å². The summed E-state index contributed by atoms with van der Waals surface area (Å²) in [4.78, 5) is 0.118. The summed E-state index contributed by atoms with van der Waals surface area (Å²) in [6.45, 7) is 0.215. The topological polar surface area (TPSA) is 116 Å². The first-order valence-electron chi connectivity index (χ1n) is 11.0. The van der Waals surface area contributed by atoms with Gasteiger partial charge in [-0.15, -0.1) is 5.10 Å². The van der Waals surface area contributed by atoms with Gasteiger partial charge in [-0.3, -0.25) is 4.68 Å². The SMILES string of the molecule is COc1ccc(S(=O)(=O)N[C@H]2CC[C@H](CCn3cc(-c4cccc(F)c4)nn3)O[C@H]2CO)cc1. The Balaban J connectivity index is 1.33. The first-order valence-corrected chi connectivity index (χ1v) is 12.4. The van der Waals surface area contributed by atoms with Gasteiger partial charge < -0.3 is 14.6 Å². The van der Waals surface area contributed by atoms with Crippen LogP contribution < -0.4 is 9.46 Å². The first-order chi connectivity index (χ1) is 16.4. The Morgan fingerprint density at radius 2 is 2.03 bits per heavy atom. The summed E-state index contributed by atoms with van der Waals surface area (Å²) < 4.78 is 54.3. The summed E-state index contributed by atoms with van der Waals surface area (Å²) in [6.07, 6.45) is 2.67. The zero-order valence-electron chi connectivity index (χ0n) is 18.7. The molecule has 11 heteroatoms. The van der Waals surface area contributed by atoms with Crippen molar-refractivity contribution in [3.05, 3.63) is 60.5 Å². The molecule has 1 aliphatic heterocycles. The Labute approximate surface area is 197 Å². The molecule has 2 N–H and O–H groups in total. The minimum absolute atomic E-state index is 0.118. The second kappa shape index (κ2) is 10.6. The van der Waals surface area contributed by atoms with Gasteiger partial charge >= 0.3 is 0 Å². The molecule has 3 aromatic rings. The van der Waals surface area contributed by atoms with E-state index >= 15 is 0 Å². The zero-order valence-corrected chi connectivity index (χ0v) is 19.5. The van der Waals surface area contributed by atoms with E-state index in [1.165, 1.54) is 31.4 Å². The lowest BCUT2D eigenvalue weighted by atomic mass is 9.98. The van der Waals surface area contributed by atoms with Crippen molar-refractivity contribution >= 4 is 10.0 Å². The number of benzene rings is 2. The van der Waals surface area contributed by atoms with Crippen molar-refractivity contribution in [3.8, 4) is 17.0 Å². The Bertz CT molecular complexity index is 1200. The number of aromatic nitrogens is 3. The molecule has 4 rings (SSSR count). The molecule has 0 saturated carbocycles. The fraction of sp³-hybridized carbons (Fsp3) is 0.391. The van der Waals surface area contributed by atoms with Gasteiger partial charge in [0.15, 0.2) is 0 Å². The molecular weight excluding hydrogens is 463 g/mol. The van der Waals surface area contributed by atoms with Gasteiger partial charge in [-0.2, -0.15) is 0 Å². The number of hydrogen-bond donors (Lipinski definition) is 2. The predicted octanol–water partition coefficient (Wildman–Crippen LogP) is 2.37. The van der Waals surface area contributed by atoms with E-state index in [-0.39, 0.29) is 23.4 Å². The summed E-state index contributed by atoms with van der Waals surface area (Å²) in [5.41, 5.74) is 1.22. The molecule has 2 aromatic carbocycles. The van der Waals surface area contributed by atoms with Gasteiger partial charge in [0, 0.05) is 12.1 Å². The normalized spacial score (nSPS) is 20.9. The molecular formula is C23H27FN4O5S. The molecule has 182 valence electrons. The summed E-state index contributed by atoms with van der Waals surface area (Å²) >= 11 is 0. The van der Waals surface area contributed by atoms with Crippen LogP contribution in [0.2, 0.25) is 0 Å². The number of halogens is 1. The number of aliphatic hydroxyl groups excluding tert-OH is 1. The lowest BCUT2D eigenvalue weighted by molar-refractivity contribution is -0.0891. The van der Waals surface area contributed by atoms with Crippen LogP contribution in [0.1, 0.15) is 19.3 Å². The van der Waals surface area contributed by atoms with Crippen LogP contribution in [-0.2, 0) is 21.3 Å². The average Bonchev–Trinajstić information content (AvgIpc) is 3.32. The maximum absolute atomic E-state index is 13.4. The fourth-order valence-corrected chi connectivity index (χ4v) is 5.26. The minimum Gasteiger partial charge on any atom is -0.497 e. The van der Waals surface area contributed by atoms with E-state index in [0.29, 0.717) is 42.8 Å². The number of methoxy groups -OCH3 is 1. The lowest BCUT2D eigenvalue weighted by Crippen LogP contribution is -2.50. The third-order valence-electron chi connectivity index (χ3n) is 5.81. The third kappa shape index (κ3) is 5.79. The van der Waals surface area contributed by atoms with Crippen LogP contribution in [0.5, 0.6) is 5.75 Å². The molecule has 2 heterocycles. The van der Waals surface area contributed by atoms with Crippen molar-refractivity contribution in [1.29, 1.82) is 0 Å². The molecule has 0 unspecified atom stereocenters. The van der Waals surface area contributed by atoms with E-state index in [1.807, 2.05) is 0 Å². The average molecular weight is 491 g/mol. The van der Waals surface area contributed by atoms with Crippen molar-refractivity contribution < 1.29 is 27.4 Å². The Morgan fingerprint density at radius 3 is 2.74 bits per heavy atom. The summed E-state index contributed by atoms with van der Waals surface area (Å²) in [7, 11) is -2.26. The van der Waals surface area contributed by atoms with Crippen molar-refractivity contribution in [2.45, 2.75) is 49.0 Å². The molecule has 34 heavy (non-hydrogen) atoms. The molecule has 1 aliphatic rings. The number of sulfonamides is 1. The summed E-state index contributed by atoms with van der Waals surface area (Å²) in [5.74, 6) is 0.223. The largest absolute Gasteiger partial charge is 0.497 e. The van der Waals surface area contributed by atoms with E-state index in [0.717, 1.165) is 0 Å². The van der Waals surface area contributed by atoms with Gasteiger partial charge in [-0.05, 0) is 55.7 Å². The van der Waals surface area contributed by atoms with Crippen molar-refractivity contribution in [1.82, 2.24) is 19.7 Å². The molecule has 0 aliphatic carbocycles. The number of hydrogen-bond acceptors (Lipinski definition) is 7.